The highest BCUT2D eigenvalue weighted by atomic mass is 16.1. The monoisotopic (exact) mass is 187 g/mol. The molecule has 0 aliphatic carbocycles. The Morgan fingerprint density at radius 1 is 1.36 bits per heavy atom. The van der Waals surface area contributed by atoms with E-state index in [-0.39, 0.29) is 11.6 Å². The van der Waals surface area contributed by atoms with Crippen LogP contribution in [0.1, 0.15) is 21.7 Å². The van der Waals surface area contributed by atoms with Gasteiger partial charge in [-0.15, -0.1) is 0 Å². The van der Waals surface area contributed by atoms with Gasteiger partial charge in [0.2, 0.25) is 5.78 Å². The average molecular weight is 187 g/mol. The SMILES string of the molecule is Cc1ccccc1C(=O)c1ncn[nH]1. The van der Waals surface area contributed by atoms with Gasteiger partial charge in [0.1, 0.15) is 6.33 Å². The third kappa shape index (κ3) is 1.42. The van der Waals surface area contributed by atoms with Gasteiger partial charge in [-0.3, -0.25) is 9.89 Å². The van der Waals surface area contributed by atoms with E-state index >= 15 is 0 Å². The first kappa shape index (κ1) is 8.62. The summed E-state index contributed by atoms with van der Waals surface area (Å²) in [6, 6.07) is 7.40. The second kappa shape index (κ2) is 3.41. The molecule has 0 bridgehead atoms. The molecule has 0 radical (unpaired) electrons. The fraction of sp³-hybridized carbons (Fsp3) is 0.100. The molecule has 1 heterocycles. The predicted molar refractivity (Wildman–Crippen MR) is 51.0 cm³/mol. The van der Waals surface area contributed by atoms with Crippen LogP contribution in [0.3, 0.4) is 0 Å². The van der Waals surface area contributed by atoms with Gasteiger partial charge in [-0.2, -0.15) is 5.10 Å². The van der Waals surface area contributed by atoms with Crippen molar-refractivity contribution in [2.45, 2.75) is 6.92 Å². The zero-order valence-corrected chi connectivity index (χ0v) is 7.69. The number of aryl methyl sites for hydroxylation is 1. The number of rotatable bonds is 2. The molecule has 1 aromatic carbocycles. The van der Waals surface area contributed by atoms with Crippen molar-refractivity contribution in [1.82, 2.24) is 15.2 Å². The van der Waals surface area contributed by atoms with Crippen LogP contribution in [0.15, 0.2) is 30.6 Å². The largest absolute Gasteiger partial charge is 0.285 e. The van der Waals surface area contributed by atoms with Gasteiger partial charge in [-0.1, -0.05) is 24.3 Å². The van der Waals surface area contributed by atoms with Crippen LogP contribution < -0.4 is 0 Å². The first-order valence-corrected chi connectivity index (χ1v) is 4.25. The van der Waals surface area contributed by atoms with Crippen molar-refractivity contribution < 1.29 is 4.79 Å². The number of carbonyl (C=O) groups is 1. The summed E-state index contributed by atoms with van der Waals surface area (Å²) in [6.07, 6.45) is 1.32. The van der Waals surface area contributed by atoms with E-state index in [9.17, 15) is 4.79 Å². The molecule has 0 amide bonds. The number of benzene rings is 1. The maximum Gasteiger partial charge on any atom is 0.230 e. The van der Waals surface area contributed by atoms with Crippen LogP contribution in [-0.4, -0.2) is 21.0 Å². The van der Waals surface area contributed by atoms with Crippen LogP contribution >= 0.6 is 0 Å². The Bertz CT molecular complexity index is 448. The summed E-state index contributed by atoms with van der Waals surface area (Å²) in [5.41, 5.74) is 1.60. The molecule has 2 aromatic rings. The maximum atomic E-state index is 11.8. The lowest BCUT2D eigenvalue weighted by atomic mass is 10.0. The van der Waals surface area contributed by atoms with Gasteiger partial charge in [0.25, 0.3) is 0 Å². The number of hydrogen-bond acceptors (Lipinski definition) is 3. The molecule has 70 valence electrons. The summed E-state index contributed by atoms with van der Waals surface area (Å²) < 4.78 is 0. The van der Waals surface area contributed by atoms with Crippen LogP contribution in [0, 0.1) is 6.92 Å². The van der Waals surface area contributed by atoms with Crippen LogP contribution in [0.4, 0.5) is 0 Å². The Balaban J connectivity index is 2.42. The summed E-state index contributed by atoms with van der Waals surface area (Å²) >= 11 is 0. The first-order valence-electron chi connectivity index (χ1n) is 4.25. The lowest BCUT2D eigenvalue weighted by Gasteiger charge is -2.00. The fourth-order valence-electron chi connectivity index (χ4n) is 1.27. The number of aromatic amines is 1. The average Bonchev–Trinajstić information content (AvgIpc) is 2.70. The van der Waals surface area contributed by atoms with Crippen molar-refractivity contribution in [3.63, 3.8) is 0 Å². The molecule has 0 aliphatic heterocycles. The smallest absolute Gasteiger partial charge is 0.230 e. The van der Waals surface area contributed by atoms with Crippen molar-refractivity contribution in [1.29, 1.82) is 0 Å². The number of ketones is 1. The van der Waals surface area contributed by atoms with E-state index in [0.29, 0.717) is 5.56 Å². The van der Waals surface area contributed by atoms with E-state index in [1.807, 2.05) is 25.1 Å². The minimum absolute atomic E-state index is 0.124. The molecule has 0 unspecified atom stereocenters. The van der Waals surface area contributed by atoms with Gasteiger partial charge in [-0.05, 0) is 12.5 Å². The Hall–Kier alpha value is -1.97. The summed E-state index contributed by atoms with van der Waals surface area (Å²) in [6.45, 7) is 1.89. The van der Waals surface area contributed by atoms with Gasteiger partial charge < -0.3 is 0 Å². The zero-order valence-electron chi connectivity index (χ0n) is 7.69. The molecule has 1 N–H and O–H groups in total. The minimum Gasteiger partial charge on any atom is -0.285 e. The molecule has 0 saturated heterocycles. The zero-order chi connectivity index (χ0) is 9.97. The predicted octanol–water partition coefficient (Wildman–Crippen LogP) is 1.34. The van der Waals surface area contributed by atoms with Crippen LogP contribution in [0.25, 0.3) is 0 Å². The van der Waals surface area contributed by atoms with Crippen molar-refractivity contribution >= 4 is 5.78 Å². The molecule has 0 fully saturated rings. The lowest BCUT2D eigenvalue weighted by molar-refractivity contribution is 0.102. The number of H-pyrrole nitrogens is 1. The minimum atomic E-state index is -0.124. The Morgan fingerprint density at radius 2 is 2.14 bits per heavy atom. The summed E-state index contributed by atoms with van der Waals surface area (Å²) in [5, 5.41) is 6.19. The molecule has 4 nitrogen and oxygen atoms in total. The topological polar surface area (TPSA) is 58.6 Å². The summed E-state index contributed by atoms with van der Waals surface area (Å²) in [5.74, 6) is 0.153. The van der Waals surface area contributed by atoms with E-state index in [1.54, 1.807) is 6.07 Å². The standard InChI is InChI=1S/C10H9N3O/c1-7-4-2-3-5-8(7)9(14)10-11-6-12-13-10/h2-6H,1H3,(H,11,12,13). The lowest BCUT2D eigenvalue weighted by Crippen LogP contribution is -2.05. The second-order valence-corrected chi connectivity index (χ2v) is 2.98. The number of nitrogens with zero attached hydrogens (tertiary/aromatic N) is 2. The van der Waals surface area contributed by atoms with Gasteiger partial charge in [0, 0.05) is 5.56 Å². The van der Waals surface area contributed by atoms with E-state index in [1.165, 1.54) is 6.33 Å². The third-order valence-electron chi connectivity index (χ3n) is 2.02. The molecule has 1 aromatic heterocycles. The highest BCUT2D eigenvalue weighted by Gasteiger charge is 2.13. The number of carbonyl (C=O) groups excluding carboxylic acids is 1. The molecule has 0 saturated carbocycles. The van der Waals surface area contributed by atoms with Crippen molar-refractivity contribution in [3.05, 3.63) is 47.5 Å². The van der Waals surface area contributed by atoms with Crippen molar-refractivity contribution in [2.75, 3.05) is 0 Å². The molecular weight excluding hydrogens is 178 g/mol. The summed E-state index contributed by atoms with van der Waals surface area (Å²) in [4.78, 5) is 15.6. The van der Waals surface area contributed by atoms with Crippen LogP contribution in [0.2, 0.25) is 0 Å². The van der Waals surface area contributed by atoms with Crippen LogP contribution in [0.5, 0.6) is 0 Å². The Morgan fingerprint density at radius 3 is 2.79 bits per heavy atom. The third-order valence-corrected chi connectivity index (χ3v) is 2.02. The van der Waals surface area contributed by atoms with E-state index in [0.717, 1.165) is 5.56 Å². The molecule has 0 atom stereocenters. The Kier molecular flexibility index (Phi) is 2.10. The quantitative estimate of drug-likeness (QED) is 0.722. The first-order chi connectivity index (χ1) is 6.79. The van der Waals surface area contributed by atoms with E-state index < -0.39 is 0 Å². The van der Waals surface area contributed by atoms with Crippen molar-refractivity contribution in [2.24, 2.45) is 0 Å². The van der Waals surface area contributed by atoms with Gasteiger partial charge in [0.05, 0.1) is 0 Å². The summed E-state index contributed by atoms with van der Waals surface area (Å²) in [7, 11) is 0. The highest BCUT2D eigenvalue weighted by molar-refractivity contribution is 6.07. The molecule has 4 heteroatoms. The highest BCUT2D eigenvalue weighted by Crippen LogP contribution is 2.10. The molecular formula is C10H9N3O. The number of aromatic nitrogens is 3. The maximum absolute atomic E-state index is 11.8. The Labute approximate surface area is 81.0 Å². The van der Waals surface area contributed by atoms with Gasteiger partial charge >= 0.3 is 0 Å². The molecule has 2 rings (SSSR count). The van der Waals surface area contributed by atoms with Crippen molar-refractivity contribution in [3.8, 4) is 0 Å². The molecule has 14 heavy (non-hydrogen) atoms. The van der Waals surface area contributed by atoms with E-state index in [2.05, 4.69) is 15.2 Å². The number of hydrogen-bond donors (Lipinski definition) is 1. The van der Waals surface area contributed by atoms with Gasteiger partial charge in [-0.25, -0.2) is 4.98 Å². The van der Waals surface area contributed by atoms with E-state index in [4.69, 9.17) is 0 Å². The fourth-order valence-corrected chi connectivity index (χ4v) is 1.27. The normalized spacial score (nSPS) is 10.1. The van der Waals surface area contributed by atoms with Gasteiger partial charge in [0.15, 0.2) is 5.82 Å². The molecule has 0 aliphatic rings. The van der Waals surface area contributed by atoms with Crippen LogP contribution in [-0.2, 0) is 0 Å². The number of nitrogens with one attached hydrogen (secondary N) is 1. The second-order valence-electron chi connectivity index (χ2n) is 2.98. The molecule has 0 spiro atoms.